The number of allylic oxidation sites excluding steroid dienone is 1. The highest BCUT2D eigenvalue weighted by Crippen LogP contribution is 2.67. The van der Waals surface area contributed by atoms with E-state index in [0.717, 1.165) is 24.7 Å². The minimum absolute atomic E-state index is 0.138. The number of Topliss-reactive ketones (excluding diaryl/α,β-unsaturated/α-hetero) is 1. The summed E-state index contributed by atoms with van der Waals surface area (Å²) < 4.78 is 5.24. The molecule has 0 aromatic carbocycles. The van der Waals surface area contributed by atoms with Crippen molar-refractivity contribution >= 4 is 11.8 Å². The topological polar surface area (TPSA) is 43.4 Å². The molecule has 29 heavy (non-hydrogen) atoms. The summed E-state index contributed by atoms with van der Waals surface area (Å²) in [4.78, 5) is 25.3. The van der Waals surface area contributed by atoms with Crippen molar-refractivity contribution in [3.8, 4) is 0 Å². The highest BCUT2D eigenvalue weighted by atomic mass is 16.5. The van der Waals surface area contributed by atoms with Gasteiger partial charge in [-0.3, -0.25) is 9.59 Å². The van der Waals surface area contributed by atoms with E-state index in [1.54, 1.807) is 0 Å². The molecule has 0 radical (unpaired) electrons. The number of carbonyl (C=O) groups excluding carboxylic acids is 2. The van der Waals surface area contributed by atoms with Crippen LogP contribution >= 0.6 is 0 Å². The lowest BCUT2D eigenvalue weighted by Gasteiger charge is -2.59. The van der Waals surface area contributed by atoms with Crippen LogP contribution in [-0.4, -0.2) is 18.4 Å². The Balaban J connectivity index is 1.58. The first-order chi connectivity index (χ1) is 13.7. The average Bonchev–Trinajstić information content (AvgIpc) is 2.95. The quantitative estimate of drug-likeness (QED) is 0.333. The molecule has 4 aliphatic rings. The van der Waals surface area contributed by atoms with E-state index in [1.807, 2.05) is 6.92 Å². The summed E-state index contributed by atoms with van der Waals surface area (Å²) in [7, 11) is 0. The molecule has 4 aliphatic carbocycles. The Morgan fingerprint density at radius 1 is 1.03 bits per heavy atom. The number of carbonyl (C=O) groups is 2. The predicted molar refractivity (Wildman–Crippen MR) is 115 cm³/mol. The molecular formula is C26H40O3. The second kappa shape index (κ2) is 7.54. The summed E-state index contributed by atoms with van der Waals surface area (Å²) in [5.41, 5.74) is 2.00. The maximum Gasteiger partial charge on any atom is 0.316 e. The summed E-state index contributed by atoms with van der Waals surface area (Å²) in [6.45, 7) is 13.8. The van der Waals surface area contributed by atoms with Crippen LogP contribution in [0.25, 0.3) is 0 Å². The largest absolute Gasteiger partial charge is 0.465 e. The summed E-state index contributed by atoms with van der Waals surface area (Å²) in [5, 5.41) is 0. The van der Waals surface area contributed by atoms with E-state index < -0.39 is 5.92 Å². The molecular weight excluding hydrogens is 360 g/mol. The Morgan fingerprint density at radius 3 is 2.41 bits per heavy atom. The molecule has 4 saturated carbocycles. The summed E-state index contributed by atoms with van der Waals surface area (Å²) >= 11 is 0. The number of fused-ring (bicyclic) bond motifs is 5. The Bertz CT molecular complexity index is 696. The molecule has 4 rings (SSSR count). The van der Waals surface area contributed by atoms with Crippen LogP contribution in [0.1, 0.15) is 85.5 Å². The fourth-order valence-electron chi connectivity index (χ4n) is 8.56. The Morgan fingerprint density at radius 2 is 1.72 bits per heavy atom. The van der Waals surface area contributed by atoms with Gasteiger partial charge in [-0.25, -0.2) is 0 Å². The van der Waals surface area contributed by atoms with Crippen LogP contribution in [0.4, 0.5) is 0 Å². The van der Waals surface area contributed by atoms with E-state index in [2.05, 4.69) is 27.4 Å². The summed E-state index contributed by atoms with van der Waals surface area (Å²) in [5.74, 6) is 2.75. The van der Waals surface area contributed by atoms with Crippen LogP contribution in [0, 0.1) is 46.3 Å². The zero-order valence-electron chi connectivity index (χ0n) is 19.0. The molecule has 0 bridgehead atoms. The molecule has 8 atom stereocenters. The zero-order chi connectivity index (χ0) is 21.0. The Kier molecular flexibility index (Phi) is 5.49. The van der Waals surface area contributed by atoms with Gasteiger partial charge in [0.1, 0.15) is 11.7 Å². The SMILES string of the molecule is C=C(C)[C@H]1CCC2[C@@H]3CCC4CC(=O)C(C(=O)OCC)CC[C@]4(C)C3CC[C@@]21C. The van der Waals surface area contributed by atoms with Crippen LogP contribution in [0.2, 0.25) is 0 Å². The fraction of sp³-hybridized carbons (Fsp3) is 0.846. The van der Waals surface area contributed by atoms with Crippen LogP contribution < -0.4 is 0 Å². The van der Waals surface area contributed by atoms with Crippen molar-refractivity contribution in [2.45, 2.75) is 85.5 Å². The van der Waals surface area contributed by atoms with E-state index >= 15 is 0 Å². The normalized spacial score (nSPS) is 46.8. The third-order valence-corrected chi connectivity index (χ3v) is 10.0. The van der Waals surface area contributed by atoms with Gasteiger partial charge in [0.15, 0.2) is 0 Å². The van der Waals surface area contributed by atoms with Gasteiger partial charge < -0.3 is 4.74 Å². The van der Waals surface area contributed by atoms with Gasteiger partial charge in [-0.1, -0.05) is 26.0 Å². The van der Waals surface area contributed by atoms with Crippen LogP contribution in [0.5, 0.6) is 0 Å². The van der Waals surface area contributed by atoms with Gasteiger partial charge in [0.25, 0.3) is 0 Å². The van der Waals surface area contributed by atoms with Crippen molar-refractivity contribution in [3.05, 3.63) is 12.2 Å². The molecule has 3 nitrogen and oxygen atoms in total. The third kappa shape index (κ3) is 3.22. The first-order valence-corrected chi connectivity index (χ1v) is 12.1. The molecule has 3 heteroatoms. The molecule has 4 fully saturated rings. The van der Waals surface area contributed by atoms with E-state index in [9.17, 15) is 9.59 Å². The number of hydrogen-bond donors (Lipinski definition) is 0. The maximum absolute atomic E-state index is 12.9. The molecule has 0 aliphatic heterocycles. The molecule has 162 valence electrons. The lowest BCUT2D eigenvalue weighted by atomic mass is 9.46. The van der Waals surface area contributed by atoms with Crippen molar-refractivity contribution in [1.29, 1.82) is 0 Å². The van der Waals surface area contributed by atoms with Crippen LogP contribution in [0.15, 0.2) is 12.2 Å². The predicted octanol–water partition coefficient (Wildman–Crippen LogP) is 5.97. The van der Waals surface area contributed by atoms with Gasteiger partial charge in [-0.05, 0) is 106 Å². The smallest absolute Gasteiger partial charge is 0.316 e. The van der Waals surface area contributed by atoms with Gasteiger partial charge in [0.2, 0.25) is 0 Å². The van der Waals surface area contributed by atoms with E-state index in [-0.39, 0.29) is 17.2 Å². The third-order valence-electron chi connectivity index (χ3n) is 10.0. The number of ketones is 1. The van der Waals surface area contributed by atoms with Crippen molar-refractivity contribution in [2.75, 3.05) is 6.61 Å². The Labute approximate surface area is 177 Å². The minimum atomic E-state index is -0.524. The molecule has 0 amide bonds. The molecule has 4 unspecified atom stereocenters. The molecule has 0 N–H and O–H groups in total. The molecule has 0 heterocycles. The van der Waals surface area contributed by atoms with Gasteiger partial charge in [-0.15, -0.1) is 0 Å². The van der Waals surface area contributed by atoms with Crippen LogP contribution in [-0.2, 0) is 14.3 Å². The van der Waals surface area contributed by atoms with Crippen molar-refractivity contribution < 1.29 is 14.3 Å². The second-order valence-electron chi connectivity index (χ2n) is 11.2. The van der Waals surface area contributed by atoms with Gasteiger partial charge >= 0.3 is 5.97 Å². The first kappa shape index (κ1) is 21.1. The highest BCUT2D eigenvalue weighted by molar-refractivity contribution is 5.99. The van der Waals surface area contributed by atoms with Crippen molar-refractivity contribution in [3.63, 3.8) is 0 Å². The number of rotatable bonds is 3. The van der Waals surface area contributed by atoms with Gasteiger partial charge in [0.05, 0.1) is 6.61 Å². The monoisotopic (exact) mass is 400 g/mol. The fourth-order valence-corrected chi connectivity index (χ4v) is 8.56. The maximum atomic E-state index is 12.9. The number of hydrogen-bond acceptors (Lipinski definition) is 3. The molecule has 0 saturated heterocycles. The standard InChI is InChI=1S/C26H40O3/c1-6-29-24(28)19-11-13-25(4)17(15-23(19)27)7-8-18-21-10-9-20(16(2)3)26(21,5)14-12-22(18)25/h17-22H,2,6-15H2,1,3-5H3/t17?,18-,19?,20+,21?,22?,25-,26+/m0/s1. The number of esters is 1. The zero-order valence-corrected chi connectivity index (χ0v) is 19.0. The highest BCUT2D eigenvalue weighted by Gasteiger charge is 2.60. The van der Waals surface area contributed by atoms with Gasteiger partial charge in [0, 0.05) is 6.42 Å². The molecule has 0 spiro atoms. The van der Waals surface area contributed by atoms with E-state index in [1.165, 1.54) is 37.7 Å². The van der Waals surface area contributed by atoms with E-state index in [0.29, 0.717) is 42.6 Å². The lowest BCUT2D eigenvalue weighted by molar-refractivity contribution is -0.151. The van der Waals surface area contributed by atoms with Crippen molar-refractivity contribution in [1.82, 2.24) is 0 Å². The average molecular weight is 401 g/mol. The van der Waals surface area contributed by atoms with Crippen molar-refractivity contribution in [2.24, 2.45) is 46.3 Å². The van der Waals surface area contributed by atoms with Crippen LogP contribution in [0.3, 0.4) is 0 Å². The second-order valence-corrected chi connectivity index (χ2v) is 11.2. The Hall–Kier alpha value is -1.12. The van der Waals surface area contributed by atoms with Gasteiger partial charge in [-0.2, -0.15) is 0 Å². The first-order valence-electron chi connectivity index (χ1n) is 12.1. The molecule has 0 aromatic heterocycles. The molecule has 0 aromatic rings. The summed E-state index contributed by atoms with van der Waals surface area (Å²) in [6.07, 6.45) is 9.93. The number of ether oxygens (including phenoxy) is 1. The minimum Gasteiger partial charge on any atom is -0.465 e. The summed E-state index contributed by atoms with van der Waals surface area (Å²) in [6, 6.07) is 0. The van der Waals surface area contributed by atoms with E-state index in [4.69, 9.17) is 4.74 Å². The lowest BCUT2D eigenvalue weighted by Crippen LogP contribution is -2.51.